The standard InChI is InChI=1S/C24H22Cl2N4O3/c1-2-22(31)29-11-3-4-16(13-29)30-14-19(24(27)32)23(28-30)15-5-7-17(8-6-15)33-18-9-10-20(25)21(26)12-18/h2,5-10,12,14,16H,1,3-4,11,13H2,(H2,27,32). The molecule has 170 valence electrons. The van der Waals surface area contributed by atoms with Crippen LogP contribution in [0, 0.1) is 0 Å². The van der Waals surface area contributed by atoms with Gasteiger partial charge in [-0.2, -0.15) is 5.10 Å². The summed E-state index contributed by atoms with van der Waals surface area (Å²) in [7, 11) is 0. The molecule has 1 unspecified atom stereocenters. The highest BCUT2D eigenvalue weighted by Gasteiger charge is 2.26. The van der Waals surface area contributed by atoms with Crippen LogP contribution in [0.4, 0.5) is 0 Å². The van der Waals surface area contributed by atoms with Crippen molar-refractivity contribution in [3.05, 3.63) is 76.9 Å². The second kappa shape index (κ2) is 9.68. The number of halogens is 2. The van der Waals surface area contributed by atoms with E-state index in [-0.39, 0.29) is 11.9 Å². The maximum absolute atomic E-state index is 12.1. The van der Waals surface area contributed by atoms with E-state index in [1.54, 1.807) is 58.2 Å². The number of rotatable bonds is 6. The average Bonchev–Trinajstić information content (AvgIpc) is 3.27. The highest BCUT2D eigenvalue weighted by atomic mass is 35.5. The van der Waals surface area contributed by atoms with Crippen LogP contribution >= 0.6 is 23.2 Å². The quantitative estimate of drug-likeness (QED) is 0.492. The number of piperidine rings is 1. The largest absolute Gasteiger partial charge is 0.457 e. The molecule has 7 nitrogen and oxygen atoms in total. The number of carbonyl (C=O) groups is 2. The minimum absolute atomic E-state index is 0.0493. The Morgan fingerprint density at radius 2 is 1.85 bits per heavy atom. The maximum Gasteiger partial charge on any atom is 0.252 e. The molecule has 0 bridgehead atoms. The molecule has 2 heterocycles. The molecule has 1 saturated heterocycles. The number of benzene rings is 2. The monoisotopic (exact) mass is 484 g/mol. The van der Waals surface area contributed by atoms with E-state index >= 15 is 0 Å². The summed E-state index contributed by atoms with van der Waals surface area (Å²) in [6.07, 6.45) is 4.65. The number of ether oxygens (including phenoxy) is 1. The molecule has 1 aliphatic heterocycles. The fourth-order valence-electron chi connectivity index (χ4n) is 3.83. The SMILES string of the molecule is C=CC(=O)N1CCCC(n2cc(C(N)=O)c(-c3ccc(Oc4ccc(Cl)c(Cl)c4)cc3)n2)C1. The molecule has 0 saturated carbocycles. The van der Waals surface area contributed by atoms with Gasteiger partial charge in [0.2, 0.25) is 5.91 Å². The lowest BCUT2D eigenvalue weighted by Crippen LogP contribution is -2.40. The molecule has 2 aromatic carbocycles. The van der Waals surface area contributed by atoms with Crippen LogP contribution in [0.25, 0.3) is 11.3 Å². The summed E-state index contributed by atoms with van der Waals surface area (Å²) in [5, 5.41) is 5.51. The molecule has 2 N–H and O–H groups in total. The molecule has 9 heteroatoms. The topological polar surface area (TPSA) is 90.5 Å². The average molecular weight is 485 g/mol. The minimum Gasteiger partial charge on any atom is -0.457 e. The lowest BCUT2D eigenvalue weighted by atomic mass is 10.1. The van der Waals surface area contributed by atoms with Gasteiger partial charge in [0.15, 0.2) is 0 Å². The number of primary amides is 1. The van der Waals surface area contributed by atoms with Crippen molar-refractivity contribution >= 4 is 35.0 Å². The summed E-state index contributed by atoms with van der Waals surface area (Å²) in [5.41, 5.74) is 7.16. The molecule has 4 rings (SSSR count). The summed E-state index contributed by atoms with van der Waals surface area (Å²) in [6, 6.07) is 12.1. The first-order valence-corrected chi connectivity index (χ1v) is 11.1. The predicted molar refractivity (Wildman–Crippen MR) is 128 cm³/mol. The number of hydrogen-bond donors (Lipinski definition) is 1. The van der Waals surface area contributed by atoms with Gasteiger partial charge in [0.05, 0.1) is 21.7 Å². The Hall–Kier alpha value is -3.29. The van der Waals surface area contributed by atoms with E-state index in [1.807, 2.05) is 0 Å². The molecule has 1 fully saturated rings. The highest BCUT2D eigenvalue weighted by molar-refractivity contribution is 6.42. The number of aromatic nitrogens is 2. The molecular formula is C24H22Cl2N4O3. The lowest BCUT2D eigenvalue weighted by molar-refractivity contribution is -0.127. The highest BCUT2D eigenvalue weighted by Crippen LogP contribution is 2.32. The summed E-state index contributed by atoms with van der Waals surface area (Å²) in [4.78, 5) is 25.9. The van der Waals surface area contributed by atoms with Crippen LogP contribution in [0.3, 0.4) is 0 Å². The van der Waals surface area contributed by atoms with Gasteiger partial charge in [0, 0.05) is 30.9 Å². The molecule has 2 amide bonds. The third kappa shape index (κ3) is 5.05. The van der Waals surface area contributed by atoms with Gasteiger partial charge in [0.1, 0.15) is 17.2 Å². The molecule has 1 aliphatic rings. The van der Waals surface area contributed by atoms with Crippen molar-refractivity contribution in [3.63, 3.8) is 0 Å². The van der Waals surface area contributed by atoms with Crippen LogP contribution < -0.4 is 10.5 Å². The molecule has 0 radical (unpaired) electrons. The fourth-order valence-corrected chi connectivity index (χ4v) is 4.12. The number of nitrogens with two attached hydrogens (primary N) is 1. The van der Waals surface area contributed by atoms with Gasteiger partial charge in [-0.05, 0) is 55.3 Å². The van der Waals surface area contributed by atoms with Crippen molar-refractivity contribution < 1.29 is 14.3 Å². The van der Waals surface area contributed by atoms with Gasteiger partial charge in [-0.25, -0.2) is 0 Å². The van der Waals surface area contributed by atoms with Gasteiger partial charge in [0.25, 0.3) is 5.91 Å². The Kier molecular flexibility index (Phi) is 6.72. The summed E-state index contributed by atoms with van der Waals surface area (Å²) < 4.78 is 7.56. The molecule has 33 heavy (non-hydrogen) atoms. The third-order valence-corrected chi connectivity index (χ3v) is 6.25. The van der Waals surface area contributed by atoms with Gasteiger partial charge in [-0.15, -0.1) is 0 Å². The van der Waals surface area contributed by atoms with Crippen LogP contribution in [0.15, 0.2) is 61.3 Å². The first-order valence-electron chi connectivity index (χ1n) is 10.4. The summed E-state index contributed by atoms with van der Waals surface area (Å²) in [5.74, 6) is 0.459. The molecule has 1 aromatic heterocycles. The van der Waals surface area contributed by atoms with Crippen molar-refractivity contribution in [1.82, 2.24) is 14.7 Å². The van der Waals surface area contributed by atoms with Gasteiger partial charge < -0.3 is 15.4 Å². The molecule has 1 atom stereocenters. The van der Waals surface area contributed by atoms with E-state index in [2.05, 4.69) is 11.7 Å². The van der Waals surface area contributed by atoms with Crippen molar-refractivity contribution in [3.8, 4) is 22.8 Å². The first kappa shape index (κ1) is 22.9. The second-order valence-corrected chi connectivity index (χ2v) is 8.54. The maximum atomic E-state index is 12.1. The Morgan fingerprint density at radius 1 is 1.12 bits per heavy atom. The van der Waals surface area contributed by atoms with E-state index in [1.165, 1.54) is 6.08 Å². The normalized spacial score (nSPS) is 15.8. The van der Waals surface area contributed by atoms with Crippen molar-refractivity contribution in [2.75, 3.05) is 13.1 Å². The van der Waals surface area contributed by atoms with Crippen LogP contribution in [0.1, 0.15) is 29.2 Å². The van der Waals surface area contributed by atoms with Crippen LogP contribution in [0.5, 0.6) is 11.5 Å². The second-order valence-electron chi connectivity index (χ2n) is 7.72. The van der Waals surface area contributed by atoms with E-state index in [9.17, 15) is 9.59 Å². The van der Waals surface area contributed by atoms with Crippen molar-refractivity contribution in [2.24, 2.45) is 5.73 Å². The number of amides is 2. The Labute approximate surface area is 201 Å². The molecule has 3 aromatic rings. The first-order chi connectivity index (χ1) is 15.9. The van der Waals surface area contributed by atoms with Crippen LogP contribution in [-0.4, -0.2) is 39.6 Å². The molecule has 0 spiro atoms. The lowest BCUT2D eigenvalue weighted by Gasteiger charge is -2.32. The molecule has 0 aliphatic carbocycles. The van der Waals surface area contributed by atoms with Gasteiger partial charge in [-0.1, -0.05) is 29.8 Å². The minimum atomic E-state index is -0.567. The number of hydrogen-bond acceptors (Lipinski definition) is 4. The Morgan fingerprint density at radius 3 is 2.52 bits per heavy atom. The van der Waals surface area contributed by atoms with Gasteiger partial charge in [-0.3, -0.25) is 14.3 Å². The number of likely N-dealkylation sites (tertiary alicyclic amines) is 1. The zero-order chi connectivity index (χ0) is 23.5. The predicted octanol–water partition coefficient (Wildman–Crippen LogP) is 5.10. The van der Waals surface area contributed by atoms with Gasteiger partial charge >= 0.3 is 0 Å². The van der Waals surface area contributed by atoms with E-state index in [0.717, 1.165) is 18.4 Å². The van der Waals surface area contributed by atoms with Crippen molar-refractivity contribution in [2.45, 2.75) is 18.9 Å². The Balaban J connectivity index is 1.57. The zero-order valence-electron chi connectivity index (χ0n) is 17.7. The van der Waals surface area contributed by atoms with Crippen LogP contribution in [0.2, 0.25) is 10.0 Å². The van der Waals surface area contributed by atoms with E-state index < -0.39 is 5.91 Å². The number of carbonyl (C=O) groups excluding carboxylic acids is 2. The summed E-state index contributed by atoms with van der Waals surface area (Å²) >= 11 is 12.0. The van der Waals surface area contributed by atoms with E-state index in [0.29, 0.717) is 45.9 Å². The van der Waals surface area contributed by atoms with Crippen LogP contribution in [-0.2, 0) is 4.79 Å². The zero-order valence-corrected chi connectivity index (χ0v) is 19.2. The third-order valence-electron chi connectivity index (χ3n) is 5.51. The van der Waals surface area contributed by atoms with E-state index in [4.69, 9.17) is 33.7 Å². The summed E-state index contributed by atoms with van der Waals surface area (Å²) in [6.45, 7) is 4.74. The van der Waals surface area contributed by atoms with Crippen molar-refractivity contribution in [1.29, 1.82) is 0 Å². The Bertz CT molecular complexity index is 1210. The number of nitrogens with zero attached hydrogens (tertiary/aromatic N) is 3. The fraction of sp³-hybridized carbons (Fsp3) is 0.208. The molecular weight excluding hydrogens is 463 g/mol. The smallest absolute Gasteiger partial charge is 0.252 e.